The molecule has 0 saturated heterocycles. The fraction of sp³-hybridized carbons (Fsp3) is 0.267. The zero-order valence-corrected chi connectivity index (χ0v) is 23.3. The fourth-order valence-electron chi connectivity index (χ4n) is 3.91. The number of hydrogen-bond donors (Lipinski definition) is 1. The Bertz CT molecular complexity index is 1650. The molecule has 0 fully saturated rings. The first-order valence-electron chi connectivity index (χ1n) is 12.4. The third-order valence-corrected chi connectivity index (χ3v) is 7.51. The van der Waals surface area contributed by atoms with Crippen molar-refractivity contribution in [2.75, 3.05) is 4.72 Å². The highest BCUT2D eigenvalue weighted by molar-refractivity contribution is 7.92. The predicted octanol–water partition coefficient (Wildman–Crippen LogP) is 5.61. The van der Waals surface area contributed by atoms with Crippen molar-refractivity contribution in [2.24, 2.45) is 0 Å². The van der Waals surface area contributed by atoms with Gasteiger partial charge in [-0.15, -0.1) is 0 Å². The highest BCUT2D eigenvalue weighted by atomic mass is 32.2. The average molecular weight is 526 g/mol. The van der Waals surface area contributed by atoms with E-state index in [2.05, 4.69) is 57.3 Å². The summed E-state index contributed by atoms with van der Waals surface area (Å²) < 4.78 is 28.9. The molecule has 3 aromatic heterocycles. The highest BCUT2D eigenvalue weighted by Gasteiger charge is 2.19. The standard InChI is InChI=1S/C30H31N5O2S/c1-7-27-26(29(34-19-33-27)23-14-15-31-20(2)16-23)13-8-22-17-28(21(3)32-18-22)35-38(36,37)25-11-9-24(10-12-25)30(4,5)6/h9-12,14-19,35H,7H2,1-6H3. The summed E-state index contributed by atoms with van der Waals surface area (Å²) in [4.78, 5) is 17.8. The van der Waals surface area contributed by atoms with Crippen molar-refractivity contribution >= 4 is 15.7 Å². The number of rotatable bonds is 5. The zero-order valence-electron chi connectivity index (χ0n) is 22.5. The number of sulfonamides is 1. The van der Waals surface area contributed by atoms with Crippen molar-refractivity contribution in [3.05, 3.63) is 95.0 Å². The maximum atomic E-state index is 13.1. The summed E-state index contributed by atoms with van der Waals surface area (Å²) in [6, 6.07) is 12.5. The fourth-order valence-corrected chi connectivity index (χ4v) is 5.02. The maximum Gasteiger partial charge on any atom is 0.261 e. The molecule has 0 unspecified atom stereocenters. The molecule has 4 aromatic rings. The summed E-state index contributed by atoms with van der Waals surface area (Å²) in [6.07, 6.45) is 5.61. The molecule has 0 atom stereocenters. The Kier molecular flexibility index (Phi) is 7.61. The minimum atomic E-state index is -3.80. The monoisotopic (exact) mass is 525 g/mol. The van der Waals surface area contributed by atoms with E-state index in [1.807, 2.05) is 38.1 Å². The van der Waals surface area contributed by atoms with E-state index in [1.54, 1.807) is 43.8 Å². The molecular formula is C30H31N5O2S. The Labute approximate surface area is 224 Å². The summed E-state index contributed by atoms with van der Waals surface area (Å²) in [6.45, 7) is 12.0. The van der Waals surface area contributed by atoms with Crippen LogP contribution in [-0.2, 0) is 21.9 Å². The Morgan fingerprint density at radius 3 is 2.32 bits per heavy atom. The van der Waals surface area contributed by atoms with E-state index in [1.165, 1.54) is 0 Å². The molecule has 0 amide bonds. The van der Waals surface area contributed by atoms with Crippen LogP contribution in [0, 0.1) is 25.7 Å². The molecule has 0 spiro atoms. The zero-order chi connectivity index (χ0) is 27.5. The van der Waals surface area contributed by atoms with Gasteiger partial charge in [-0.1, -0.05) is 51.7 Å². The molecule has 194 valence electrons. The van der Waals surface area contributed by atoms with Crippen molar-refractivity contribution in [1.82, 2.24) is 19.9 Å². The van der Waals surface area contributed by atoms with Crippen molar-refractivity contribution in [2.45, 2.75) is 58.3 Å². The van der Waals surface area contributed by atoms with Gasteiger partial charge in [0, 0.05) is 29.2 Å². The van der Waals surface area contributed by atoms with Gasteiger partial charge in [0.1, 0.15) is 6.33 Å². The number of aryl methyl sites for hydroxylation is 3. The van der Waals surface area contributed by atoms with Gasteiger partial charge in [-0.3, -0.25) is 14.7 Å². The van der Waals surface area contributed by atoms with Crippen LogP contribution in [0.5, 0.6) is 0 Å². The summed E-state index contributed by atoms with van der Waals surface area (Å²) in [5, 5.41) is 0. The van der Waals surface area contributed by atoms with Gasteiger partial charge in [0.05, 0.1) is 33.2 Å². The minimum absolute atomic E-state index is 0.0687. The van der Waals surface area contributed by atoms with Gasteiger partial charge in [-0.2, -0.15) is 0 Å². The average Bonchev–Trinajstić information content (AvgIpc) is 2.88. The molecule has 1 aromatic carbocycles. The van der Waals surface area contributed by atoms with Crippen LogP contribution in [0.1, 0.15) is 61.5 Å². The van der Waals surface area contributed by atoms with Gasteiger partial charge in [0.25, 0.3) is 10.0 Å². The summed E-state index contributed by atoms with van der Waals surface area (Å²) in [5.74, 6) is 6.35. The van der Waals surface area contributed by atoms with E-state index in [0.717, 1.165) is 33.8 Å². The van der Waals surface area contributed by atoms with E-state index in [4.69, 9.17) is 0 Å². The van der Waals surface area contributed by atoms with Crippen molar-refractivity contribution in [1.29, 1.82) is 0 Å². The first-order valence-corrected chi connectivity index (χ1v) is 13.8. The topological polar surface area (TPSA) is 97.7 Å². The van der Waals surface area contributed by atoms with Gasteiger partial charge in [0.15, 0.2) is 0 Å². The van der Waals surface area contributed by atoms with Crippen LogP contribution in [-0.4, -0.2) is 28.4 Å². The van der Waals surface area contributed by atoms with E-state index < -0.39 is 10.0 Å². The van der Waals surface area contributed by atoms with Crippen LogP contribution < -0.4 is 4.72 Å². The normalized spacial score (nSPS) is 11.5. The van der Waals surface area contributed by atoms with Gasteiger partial charge < -0.3 is 0 Å². The molecular weight excluding hydrogens is 494 g/mol. The second-order valence-corrected chi connectivity index (χ2v) is 11.8. The van der Waals surface area contributed by atoms with Crippen LogP contribution >= 0.6 is 0 Å². The van der Waals surface area contributed by atoms with Gasteiger partial charge in [-0.05, 0) is 61.6 Å². The highest BCUT2D eigenvalue weighted by Crippen LogP contribution is 2.26. The van der Waals surface area contributed by atoms with Gasteiger partial charge in [-0.25, -0.2) is 18.4 Å². The Morgan fingerprint density at radius 1 is 0.921 bits per heavy atom. The molecule has 8 heteroatoms. The van der Waals surface area contributed by atoms with Crippen molar-refractivity contribution in [3.8, 4) is 23.1 Å². The van der Waals surface area contributed by atoms with Crippen LogP contribution in [0.4, 0.5) is 5.69 Å². The molecule has 0 aliphatic carbocycles. The summed E-state index contributed by atoms with van der Waals surface area (Å²) in [5.41, 5.74) is 6.56. The predicted molar refractivity (Wildman–Crippen MR) is 150 cm³/mol. The molecule has 0 radical (unpaired) electrons. The first kappa shape index (κ1) is 27.0. The largest absolute Gasteiger partial charge is 0.278 e. The lowest BCUT2D eigenvalue weighted by molar-refractivity contribution is 0.587. The van der Waals surface area contributed by atoms with E-state index in [0.29, 0.717) is 23.4 Å². The molecule has 0 aliphatic rings. The van der Waals surface area contributed by atoms with E-state index in [-0.39, 0.29) is 10.3 Å². The number of nitrogens with zero attached hydrogens (tertiary/aromatic N) is 4. The second kappa shape index (κ2) is 10.7. The Hall–Kier alpha value is -4.09. The molecule has 38 heavy (non-hydrogen) atoms. The van der Waals surface area contributed by atoms with Crippen LogP contribution in [0.2, 0.25) is 0 Å². The summed E-state index contributed by atoms with van der Waals surface area (Å²) >= 11 is 0. The first-order chi connectivity index (χ1) is 18.0. The van der Waals surface area contributed by atoms with Crippen LogP contribution in [0.3, 0.4) is 0 Å². The maximum absolute atomic E-state index is 13.1. The smallest absolute Gasteiger partial charge is 0.261 e. The van der Waals surface area contributed by atoms with E-state index in [9.17, 15) is 8.42 Å². The SMILES string of the molecule is CCc1ncnc(-c2ccnc(C)c2)c1C#Cc1cnc(C)c(NS(=O)(=O)c2ccc(C(C)(C)C)cc2)c1. The van der Waals surface area contributed by atoms with Crippen LogP contribution in [0.15, 0.2) is 66.1 Å². The lowest BCUT2D eigenvalue weighted by Gasteiger charge is -2.19. The van der Waals surface area contributed by atoms with Gasteiger partial charge >= 0.3 is 0 Å². The molecule has 1 N–H and O–H groups in total. The minimum Gasteiger partial charge on any atom is -0.278 e. The summed E-state index contributed by atoms with van der Waals surface area (Å²) in [7, 11) is -3.80. The molecule has 0 aliphatic heterocycles. The third kappa shape index (κ3) is 6.06. The van der Waals surface area contributed by atoms with Crippen molar-refractivity contribution < 1.29 is 8.42 Å². The number of benzene rings is 1. The number of hydrogen-bond acceptors (Lipinski definition) is 6. The number of aromatic nitrogens is 4. The molecule has 7 nitrogen and oxygen atoms in total. The Morgan fingerprint density at radius 2 is 1.66 bits per heavy atom. The molecule has 0 bridgehead atoms. The number of anilines is 1. The van der Waals surface area contributed by atoms with E-state index >= 15 is 0 Å². The van der Waals surface area contributed by atoms with Crippen molar-refractivity contribution in [3.63, 3.8) is 0 Å². The molecule has 0 saturated carbocycles. The lowest BCUT2D eigenvalue weighted by atomic mass is 9.87. The second-order valence-electron chi connectivity index (χ2n) is 10.1. The quantitative estimate of drug-likeness (QED) is 0.340. The Balaban J connectivity index is 1.68. The third-order valence-electron chi connectivity index (χ3n) is 6.12. The molecule has 4 rings (SSSR count). The number of nitrogens with one attached hydrogen (secondary N) is 1. The molecule has 3 heterocycles. The van der Waals surface area contributed by atoms with Crippen LogP contribution in [0.25, 0.3) is 11.3 Å². The lowest BCUT2D eigenvalue weighted by Crippen LogP contribution is -2.15. The number of pyridine rings is 2. The van der Waals surface area contributed by atoms with Gasteiger partial charge in [0.2, 0.25) is 0 Å².